The highest BCUT2D eigenvalue weighted by molar-refractivity contribution is 5.92. The minimum Gasteiger partial charge on any atom is -0.467 e. The number of nitrogens with one attached hydrogen (secondary N) is 2. The van der Waals surface area contributed by atoms with Gasteiger partial charge in [-0.1, -0.05) is 6.92 Å². The molecule has 2 N–H and O–H groups in total. The van der Waals surface area contributed by atoms with Gasteiger partial charge in [0.15, 0.2) is 0 Å². The molecule has 2 amide bonds. The molecule has 0 aliphatic rings. The molecule has 6 nitrogen and oxygen atoms in total. The molecule has 0 spiro atoms. The first-order chi connectivity index (χ1) is 10.7. The maximum Gasteiger partial charge on any atom is 0.338 e. The maximum absolute atomic E-state index is 11.7. The van der Waals surface area contributed by atoms with Crippen LogP contribution in [0.2, 0.25) is 0 Å². The third-order valence-corrected chi connectivity index (χ3v) is 2.82. The molecule has 116 valence electrons. The van der Waals surface area contributed by atoms with Gasteiger partial charge >= 0.3 is 12.0 Å². The van der Waals surface area contributed by atoms with E-state index in [0.29, 0.717) is 30.2 Å². The molecular formula is C16H18N2O4. The molecule has 1 aromatic carbocycles. The van der Waals surface area contributed by atoms with Crippen LogP contribution in [-0.2, 0) is 11.3 Å². The Morgan fingerprint density at radius 1 is 1.18 bits per heavy atom. The van der Waals surface area contributed by atoms with E-state index in [1.165, 1.54) is 0 Å². The lowest BCUT2D eigenvalue weighted by Gasteiger charge is -2.07. The van der Waals surface area contributed by atoms with Crippen molar-refractivity contribution in [3.63, 3.8) is 0 Å². The summed E-state index contributed by atoms with van der Waals surface area (Å²) in [6.45, 7) is 2.63. The molecule has 22 heavy (non-hydrogen) atoms. The summed E-state index contributed by atoms with van der Waals surface area (Å²) in [5, 5.41) is 5.33. The maximum atomic E-state index is 11.7. The van der Waals surface area contributed by atoms with Crippen LogP contribution >= 0.6 is 0 Å². The number of benzene rings is 1. The monoisotopic (exact) mass is 302 g/mol. The number of esters is 1. The van der Waals surface area contributed by atoms with E-state index in [2.05, 4.69) is 10.6 Å². The summed E-state index contributed by atoms with van der Waals surface area (Å²) >= 11 is 0. The minimum absolute atomic E-state index is 0.306. The van der Waals surface area contributed by atoms with Gasteiger partial charge in [-0.05, 0) is 42.8 Å². The highest BCUT2D eigenvalue weighted by atomic mass is 16.5. The summed E-state index contributed by atoms with van der Waals surface area (Å²) < 4.78 is 10.1. The summed E-state index contributed by atoms with van der Waals surface area (Å²) in [6.07, 6.45) is 2.33. The second-order valence-electron chi connectivity index (χ2n) is 4.60. The van der Waals surface area contributed by atoms with E-state index in [9.17, 15) is 9.59 Å². The number of anilines is 1. The van der Waals surface area contributed by atoms with Gasteiger partial charge in [-0.25, -0.2) is 9.59 Å². The summed E-state index contributed by atoms with van der Waals surface area (Å²) in [7, 11) is 0. The highest BCUT2D eigenvalue weighted by Crippen LogP contribution is 2.10. The van der Waals surface area contributed by atoms with Gasteiger partial charge in [0.1, 0.15) is 5.76 Å². The number of amides is 2. The zero-order chi connectivity index (χ0) is 15.8. The molecule has 2 aromatic rings. The van der Waals surface area contributed by atoms with Crippen molar-refractivity contribution in [2.45, 2.75) is 19.9 Å². The largest absolute Gasteiger partial charge is 0.467 e. The van der Waals surface area contributed by atoms with Crippen LogP contribution in [-0.4, -0.2) is 18.6 Å². The lowest BCUT2D eigenvalue weighted by atomic mass is 10.2. The predicted octanol–water partition coefficient (Wildman–Crippen LogP) is 3.17. The number of ether oxygens (including phenoxy) is 1. The standard InChI is InChI=1S/C16H18N2O4/c1-2-9-22-15(19)12-5-7-13(8-6-12)18-16(20)17-11-14-4-3-10-21-14/h3-8,10H,2,9,11H2,1H3,(H2,17,18,20). The number of urea groups is 1. The highest BCUT2D eigenvalue weighted by Gasteiger charge is 2.07. The van der Waals surface area contributed by atoms with Crippen molar-refractivity contribution in [1.82, 2.24) is 5.32 Å². The normalized spacial score (nSPS) is 10.0. The molecular weight excluding hydrogens is 284 g/mol. The van der Waals surface area contributed by atoms with E-state index in [-0.39, 0.29) is 12.0 Å². The van der Waals surface area contributed by atoms with E-state index in [1.54, 1.807) is 42.7 Å². The third kappa shape index (κ3) is 4.66. The number of carbonyl (C=O) groups excluding carboxylic acids is 2. The fraction of sp³-hybridized carbons (Fsp3) is 0.250. The quantitative estimate of drug-likeness (QED) is 0.803. The smallest absolute Gasteiger partial charge is 0.338 e. The molecule has 0 fully saturated rings. The van der Waals surface area contributed by atoms with Crippen molar-refractivity contribution in [2.24, 2.45) is 0 Å². The Morgan fingerprint density at radius 3 is 2.59 bits per heavy atom. The van der Waals surface area contributed by atoms with Crippen molar-refractivity contribution in [3.8, 4) is 0 Å². The van der Waals surface area contributed by atoms with Crippen molar-refractivity contribution in [1.29, 1.82) is 0 Å². The van der Waals surface area contributed by atoms with Crippen LogP contribution in [0.4, 0.5) is 10.5 Å². The number of hydrogen-bond donors (Lipinski definition) is 2. The fourth-order valence-electron chi connectivity index (χ4n) is 1.72. The summed E-state index contributed by atoms with van der Waals surface area (Å²) in [4.78, 5) is 23.4. The van der Waals surface area contributed by atoms with Gasteiger partial charge in [-0.3, -0.25) is 0 Å². The third-order valence-electron chi connectivity index (χ3n) is 2.82. The molecule has 2 rings (SSSR count). The molecule has 6 heteroatoms. The lowest BCUT2D eigenvalue weighted by Crippen LogP contribution is -2.27. The Kier molecular flexibility index (Phi) is 5.59. The van der Waals surface area contributed by atoms with Crippen LogP contribution in [0.3, 0.4) is 0 Å². The first-order valence-electron chi connectivity index (χ1n) is 7.03. The zero-order valence-electron chi connectivity index (χ0n) is 12.3. The summed E-state index contributed by atoms with van der Waals surface area (Å²) in [5.74, 6) is 0.305. The average Bonchev–Trinajstić information content (AvgIpc) is 3.05. The average molecular weight is 302 g/mol. The van der Waals surface area contributed by atoms with Gasteiger partial charge < -0.3 is 19.8 Å². The molecule has 0 aliphatic carbocycles. The molecule has 1 heterocycles. The number of furan rings is 1. The lowest BCUT2D eigenvalue weighted by molar-refractivity contribution is 0.0505. The van der Waals surface area contributed by atoms with Crippen LogP contribution in [0.5, 0.6) is 0 Å². The molecule has 0 radical (unpaired) electrons. The molecule has 0 saturated carbocycles. The Hall–Kier alpha value is -2.76. The van der Waals surface area contributed by atoms with Gasteiger partial charge in [0.25, 0.3) is 0 Å². The SMILES string of the molecule is CCCOC(=O)c1ccc(NC(=O)NCc2ccco2)cc1. The van der Waals surface area contributed by atoms with Crippen LogP contribution in [0.25, 0.3) is 0 Å². The number of hydrogen-bond acceptors (Lipinski definition) is 4. The second-order valence-corrected chi connectivity index (χ2v) is 4.60. The molecule has 0 saturated heterocycles. The van der Waals surface area contributed by atoms with Gasteiger partial charge in [0.05, 0.1) is 25.0 Å². The van der Waals surface area contributed by atoms with Crippen LogP contribution in [0, 0.1) is 0 Å². The van der Waals surface area contributed by atoms with Crippen molar-refractivity contribution in [3.05, 3.63) is 54.0 Å². The Balaban J connectivity index is 1.82. The molecule has 0 unspecified atom stereocenters. The molecule has 0 atom stereocenters. The van der Waals surface area contributed by atoms with E-state index < -0.39 is 0 Å². The Morgan fingerprint density at radius 2 is 1.95 bits per heavy atom. The number of carbonyl (C=O) groups is 2. The first kappa shape index (κ1) is 15.6. The summed E-state index contributed by atoms with van der Waals surface area (Å²) in [6, 6.07) is 9.70. The van der Waals surface area contributed by atoms with Crippen LogP contribution in [0.1, 0.15) is 29.5 Å². The Labute approximate surface area is 128 Å². The van der Waals surface area contributed by atoms with E-state index in [0.717, 1.165) is 6.42 Å². The topological polar surface area (TPSA) is 80.6 Å². The van der Waals surface area contributed by atoms with Crippen molar-refractivity contribution >= 4 is 17.7 Å². The van der Waals surface area contributed by atoms with Crippen LogP contribution in [0.15, 0.2) is 47.1 Å². The predicted molar refractivity (Wildman–Crippen MR) is 81.6 cm³/mol. The Bertz CT molecular complexity index is 606. The molecule has 0 aliphatic heterocycles. The fourth-order valence-corrected chi connectivity index (χ4v) is 1.72. The molecule has 1 aromatic heterocycles. The van der Waals surface area contributed by atoms with E-state index in [1.807, 2.05) is 6.92 Å². The van der Waals surface area contributed by atoms with Gasteiger partial charge in [0.2, 0.25) is 0 Å². The second kappa shape index (κ2) is 7.87. The van der Waals surface area contributed by atoms with Gasteiger partial charge in [0, 0.05) is 5.69 Å². The van der Waals surface area contributed by atoms with Crippen LogP contribution < -0.4 is 10.6 Å². The van der Waals surface area contributed by atoms with E-state index >= 15 is 0 Å². The van der Waals surface area contributed by atoms with Gasteiger partial charge in [-0.2, -0.15) is 0 Å². The van der Waals surface area contributed by atoms with Crippen molar-refractivity contribution in [2.75, 3.05) is 11.9 Å². The van der Waals surface area contributed by atoms with Crippen molar-refractivity contribution < 1.29 is 18.7 Å². The molecule has 0 bridgehead atoms. The minimum atomic E-state index is -0.365. The van der Waals surface area contributed by atoms with E-state index in [4.69, 9.17) is 9.15 Å². The number of rotatable bonds is 6. The first-order valence-corrected chi connectivity index (χ1v) is 7.03. The zero-order valence-corrected chi connectivity index (χ0v) is 12.3. The summed E-state index contributed by atoms with van der Waals surface area (Å²) in [5.41, 5.74) is 1.04. The van der Waals surface area contributed by atoms with Gasteiger partial charge in [-0.15, -0.1) is 0 Å².